The maximum atomic E-state index is 12.6. The van der Waals surface area contributed by atoms with E-state index < -0.39 is 0 Å². The van der Waals surface area contributed by atoms with Crippen molar-refractivity contribution >= 4 is 23.2 Å². The van der Waals surface area contributed by atoms with E-state index in [1.54, 1.807) is 6.92 Å². The van der Waals surface area contributed by atoms with Crippen molar-refractivity contribution in [3.8, 4) is 0 Å². The summed E-state index contributed by atoms with van der Waals surface area (Å²) in [6, 6.07) is 3.92. The SMILES string of the molecule is CC(=O)N(CCCN1CCOCC1)C1CCCN(C(=O)c2cccs2)C1. The zero-order chi connectivity index (χ0) is 18.4. The van der Waals surface area contributed by atoms with Crippen molar-refractivity contribution in [1.82, 2.24) is 14.7 Å². The van der Waals surface area contributed by atoms with E-state index in [1.807, 2.05) is 27.3 Å². The Morgan fingerprint density at radius 3 is 2.81 bits per heavy atom. The highest BCUT2D eigenvalue weighted by Gasteiger charge is 2.30. The van der Waals surface area contributed by atoms with Gasteiger partial charge >= 0.3 is 0 Å². The number of nitrogens with zero attached hydrogens (tertiary/aromatic N) is 3. The minimum atomic E-state index is 0.0986. The normalized spacial score (nSPS) is 21.6. The average Bonchev–Trinajstić information content (AvgIpc) is 3.20. The Morgan fingerprint density at radius 2 is 2.12 bits per heavy atom. The molecule has 6 nitrogen and oxygen atoms in total. The smallest absolute Gasteiger partial charge is 0.263 e. The zero-order valence-electron chi connectivity index (χ0n) is 15.6. The van der Waals surface area contributed by atoms with Gasteiger partial charge in [0.05, 0.1) is 18.1 Å². The highest BCUT2D eigenvalue weighted by Crippen LogP contribution is 2.20. The van der Waals surface area contributed by atoms with Crippen LogP contribution in [0.3, 0.4) is 0 Å². The van der Waals surface area contributed by atoms with E-state index in [0.29, 0.717) is 6.54 Å². The van der Waals surface area contributed by atoms with E-state index in [4.69, 9.17) is 4.74 Å². The molecule has 1 unspecified atom stereocenters. The summed E-state index contributed by atoms with van der Waals surface area (Å²) in [5.74, 6) is 0.212. The fourth-order valence-corrected chi connectivity index (χ4v) is 4.53. The van der Waals surface area contributed by atoms with Crippen LogP contribution in [0.5, 0.6) is 0 Å². The van der Waals surface area contributed by atoms with Gasteiger partial charge in [-0.1, -0.05) is 6.07 Å². The summed E-state index contributed by atoms with van der Waals surface area (Å²) in [4.78, 5) is 31.9. The van der Waals surface area contributed by atoms with Crippen LogP contribution in [0.25, 0.3) is 0 Å². The van der Waals surface area contributed by atoms with Crippen LogP contribution in [-0.2, 0) is 9.53 Å². The van der Waals surface area contributed by atoms with Crippen molar-refractivity contribution in [2.24, 2.45) is 0 Å². The molecule has 1 atom stereocenters. The second-order valence-corrected chi connectivity index (χ2v) is 7.99. The van der Waals surface area contributed by atoms with Gasteiger partial charge in [0, 0.05) is 52.2 Å². The van der Waals surface area contributed by atoms with Crippen LogP contribution in [0.15, 0.2) is 17.5 Å². The maximum absolute atomic E-state index is 12.6. The first kappa shape index (κ1) is 19.3. The Balaban J connectivity index is 1.53. The van der Waals surface area contributed by atoms with Crippen LogP contribution in [0, 0.1) is 0 Å². The molecule has 2 saturated heterocycles. The zero-order valence-corrected chi connectivity index (χ0v) is 16.4. The van der Waals surface area contributed by atoms with E-state index in [2.05, 4.69) is 4.90 Å². The highest BCUT2D eigenvalue weighted by atomic mass is 32.1. The molecule has 0 aliphatic carbocycles. The number of rotatable bonds is 6. The number of morpholine rings is 1. The lowest BCUT2D eigenvalue weighted by Crippen LogP contribution is -2.51. The molecule has 3 rings (SSSR count). The second-order valence-electron chi connectivity index (χ2n) is 7.04. The molecule has 0 bridgehead atoms. The van der Waals surface area contributed by atoms with Crippen molar-refractivity contribution in [3.05, 3.63) is 22.4 Å². The average molecular weight is 380 g/mol. The predicted octanol–water partition coefficient (Wildman–Crippen LogP) is 1.92. The van der Waals surface area contributed by atoms with Gasteiger partial charge in [0.15, 0.2) is 0 Å². The fraction of sp³-hybridized carbons (Fsp3) is 0.684. The number of ether oxygens (including phenoxy) is 1. The lowest BCUT2D eigenvalue weighted by molar-refractivity contribution is -0.132. The van der Waals surface area contributed by atoms with Crippen LogP contribution in [0.4, 0.5) is 0 Å². The molecule has 0 saturated carbocycles. The Bertz CT molecular complexity index is 587. The molecule has 2 fully saturated rings. The molecule has 2 amide bonds. The quantitative estimate of drug-likeness (QED) is 0.758. The third-order valence-electron chi connectivity index (χ3n) is 5.24. The molecule has 2 aliphatic heterocycles. The topological polar surface area (TPSA) is 53.1 Å². The van der Waals surface area contributed by atoms with Gasteiger partial charge in [-0.05, 0) is 30.7 Å². The molecular weight excluding hydrogens is 350 g/mol. The second kappa shape index (κ2) is 9.48. The summed E-state index contributed by atoms with van der Waals surface area (Å²) in [7, 11) is 0. The Morgan fingerprint density at radius 1 is 1.31 bits per heavy atom. The van der Waals surface area contributed by atoms with Crippen molar-refractivity contribution in [2.45, 2.75) is 32.2 Å². The van der Waals surface area contributed by atoms with E-state index in [0.717, 1.165) is 70.1 Å². The minimum absolute atomic E-state index is 0.0986. The van der Waals surface area contributed by atoms with Crippen molar-refractivity contribution < 1.29 is 14.3 Å². The van der Waals surface area contributed by atoms with Crippen molar-refractivity contribution in [3.63, 3.8) is 0 Å². The number of likely N-dealkylation sites (tertiary alicyclic amines) is 1. The summed E-state index contributed by atoms with van der Waals surface area (Å²) in [6.07, 6.45) is 2.90. The van der Waals surface area contributed by atoms with Crippen LogP contribution >= 0.6 is 11.3 Å². The first-order valence-corrected chi connectivity index (χ1v) is 10.4. The summed E-state index contributed by atoms with van der Waals surface area (Å²) < 4.78 is 5.38. The van der Waals surface area contributed by atoms with Gasteiger partial charge in [0.25, 0.3) is 5.91 Å². The Hall–Kier alpha value is -1.44. The molecule has 0 spiro atoms. The number of carbonyl (C=O) groups excluding carboxylic acids is 2. The molecule has 0 radical (unpaired) electrons. The van der Waals surface area contributed by atoms with Gasteiger partial charge in [-0.3, -0.25) is 14.5 Å². The van der Waals surface area contributed by atoms with E-state index in [1.165, 1.54) is 11.3 Å². The first-order valence-electron chi connectivity index (χ1n) is 9.55. The van der Waals surface area contributed by atoms with Crippen LogP contribution in [0.1, 0.15) is 35.9 Å². The van der Waals surface area contributed by atoms with Crippen molar-refractivity contribution in [2.75, 3.05) is 52.5 Å². The number of carbonyl (C=O) groups is 2. The molecule has 26 heavy (non-hydrogen) atoms. The third-order valence-corrected chi connectivity index (χ3v) is 6.10. The van der Waals surface area contributed by atoms with E-state index in [-0.39, 0.29) is 17.9 Å². The monoisotopic (exact) mass is 379 g/mol. The van der Waals surface area contributed by atoms with Gasteiger partial charge in [-0.25, -0.2) is 0 Å². The van der Waals surface area contributed by atoms with Gasteiger partial charge < -0.3 is 14.5 Å². The van der Waals surface area contributed by atoms with Gasteiger partial charge in [0.2, 0.25) is 5.91 Å². The highest BCUT2D eigenvalue weighted by molar-refractivity contribution is 7.12. The molecular formula is C19H29N3O3S. The van der Waals surface area contributed by atoms with E-state index in [9.17, 15) is 9.59 Å². The summed E-state index contributed by atoms with van der Waals surface area (Å²) in [5, 5.41) is 1.93. The van der Waals surface area contributed by atoms with Gasteiger partial charge in [0.1, 0.15) is 0 Å². The number of thiophene rings is 1. The minimum Gasteiger partial charge on any atom is -0.379 e. The number of hydrogen-bond acceptors (Lipinski definition) is 5. The molecule has 2 aliphatic rings. The lowest BCUT2D eigenvalue weighted by Gasteiger charge is -2.39. The number of hydrogen-bond donors (Lipinski definition) is 0. The fourth-order valence-electron chi connectivity index (χ4n) is 3.84. The summed E-state index contributed by atoms with van der Waals surface area (Å²) in [6.45, 7) is 8.41. The van der Waals surface area contributed by atoms with Crippen LogP contribution in [-0.4, -0.2) is 85.0 Å². The number of amides is 2. The molecule has 3 heterocycles. The van der Waals surface area contributed by atoms with Crippen LogP contribution < -0.4 is 0 Å². The Kier molecular flexibility index (Phi) is 7.05. The maximum Gasteiger partial charge on any atom is 0.263 e. The third kappa shape index (κ3) is 5.05. The standard InChI is InChI=1S/C19H29N3O3S/c1-16(23)22(9-4-7-20-10-12-25-13-11-20)17-5-2-8-21(15-17)19(24)18-6-3-14-26-18/h3,6,14,17H,2,4-5,7-13,15H2,1H3. The van der Waals surface area contributed by atoms with Crippen molar-refractivity contribution in [1.29, 1.82) is 0 Å². The van der Waals surface area contributed by atoms with E-state index >= 15 is 0 Å². The summed E-state index contributed by atoms with van der Waals surface area (Å²) >= 11 is 1.48. The molecule has 1 aromatic rings. The van der Waals surface area contributed by atoms with Gasteiger partial charge in [-0.2, -0.15) is 0 Å². The number of piperidine rings is 1. The lowest BCUT2D eigenvalue weighted by atomic mass is 10.0. The Labute approximate surface area is 159 Å². The molecule has 7 heteroatoms. The van der Waals surface area contributed by atoms with Gasteiger partial charge in [-0.15, -0.1) is 11.3 Å². The van der Waals surface area contributed by atoms with Crippen LogP contribution in [0.2, 0.25) is 0 Å². The molecule has 144 valence electrons. The first-order chi connectivity index (χ1) is 12.6. The molecule has 0 N–H and O–H groups in total. The molecule has 1 aromatic heterocycles. The summed E-state index contributed by atoms with van der Waals surface area (Å²) in [5.41, 5.74) is 0. The largest absolute Gasteiger partial charge is 0.379 e. The molecule has 0 aromatic carbocycles. The predicted molar refractivity (Wildman–Crippen MR) is 103 cm³/mol.